The summed E-state index contributed by atoms with van der Waals surface area (Å²) in [5.74, 6) is 0.614. The number of fused-ring (bicyclic) bond motifs is 10. The molecule has 3 aromatic heterocycles. The normalized spacial score (nSPS) is 12.3. The van der Waals surface area contributed by atoms with Crippen molar-refractivity contribution in [3.05, 3.63) is 278 Å². The molecule has 0 saturated heterocycles. The molecule has 3 heterocycles. The first kappa shape index (κ1) is 41.2. The maximum atomic E-state index is 5.34. The van der Waals surface area contributed by atoms with Crippen molar-refractivity contribution in [2.75, 3.05) is 0 Å². The van der Waals surface area contributed by atoms with Gasteiger partial charge in [-0.15, -0.1) is 0 Å². The topological polar surface area (TPSA) is 35.6 Å². The molecule has 1 aliphatic rings. The fourth-order valence-corrected chi connectivity index (χ4v) is 12.1. The van der Waals surface area contributed by atoms with Crippen LogP contribution >= 0.6 is 0 Å². The third kappa shape index (κ3) is 6.40. The summed E-state index contributed by atoms with van der Waals surface area (Å²) >= 11 is 0. The van der Waals surface area contributed by atoms with E-state index in [0.29, 0.717) is 5.82 Å². The third-order valence-corrected chi connectivity index (χ3v) is 15.2. The highest BCUT2D eigenvalue weighted by Crippen LogP contribution is 2.53. The fourth-order valence-electron chi connectivity index (χ4n) is 12.1. The van der Waals surface area contributed by atoms with Crippen LogP contribution in [0.15, 0.2) is 261 Å². The van der Waals surface area contributed by atoms with Gasteiger partial charge in [0, 0.05) is 49.7 Å². The number of rotatable bonds is 7. The van der Waals surface area contributed by atoms with Gasteiger partial charge in [-0.2, -0.15) is 0 Å². The van der Waals surface area contributed by atoms with Crippen LogP contribution in [0.2, 0.25) is 0 Å². The molecule has 0 saturated carbocycles. The molecule has 0 atom stereocenters. The van der Waals surface area contributed by atoms with Gasteiger partial charge in [0.2, 0.25) is 0 Å². The summed E-state index contributed by atoms with van der Waals surface area (Å²) in [6.07, 6.45) is 0. The Bertz CT molecular complexity index is 4160. The number of para-hydroxylation sites is 4. The van der Waals surface area contributed by atoms with Gasteiger partial charge in [0.05, 0.1) is 44.8 Å². The minimum absolute atomic E-state index is 0.0826. The van der Waals surface area contributed by atoms with E-state index in [1.54, 1.807) is 0 Å². The first-order valence-electron chi connectivity index (χ1n) is 25.1. The Hall–Kier alpha value is -9.64. The molecule has 0 aliphatic heterocycles. The summed E-state index contributed by atoms with van der Waals surface area (Å²) < 4.78 is 5.11. The van der Waals surface area contributed by atoms with Crippen molar-refractivity contribution < 1.29 is 0 Å². The Labute approximate surface area is 422 Å². The minimum atomic E-state index is -0.0826. The van der Waals surface area contributed by atoms with Crippen LogP contribution < -0.4 is 0 Å². The number of aromatic nitrogens is 4. The van der Waals surface area contributed by atoms with E-state index in [9.17, 15) is 0 Å². The van der Waals surface area contributed by atoms with Gasteiger partial charge in [0.15, 0.2) is 5.82 Å². The molecular weight excluding hydrogens is 885 g/mol. The Morgan fingerprint density at radius 3 is 1.16 bits per heavy atom. The minimum Gasteiger partial charge on any atom is -0.309 e. The molecule has 0 N–H and O–H groups in total. The predicted octanol–water partition coefficient (Wildman–Crippen LogP) is 17.7. The lowest BCUT2D eigenvalue weighted by atomic mass is 9.84. The van der Waals surface area contributed by atoms with E-state index in [4.69, 9.17) is 9.97 Å². The van der Waals surface area contributed by atoms with Gasteiger partial charge < -0.3 is 9.13 Å². The Kier molecular flexibility index (Phi) is 9.29. The van der Waals surface area contributed by atoms with E-state index in [1.807, 2.05) is 12.1 Å². The molecule has 0 radical (unpaired) electrons. The first-order chi connectivity index (χ1) is 36.2. The summed E-state index contributed by atoms with van der Waals surface area (Å²) in [7, 11) is 0. The lowest BCUT2D eigenvalue weighted by Gasteiger charge is -2.27. The van der Waals surface area contributed by atoms with Crippen molar-refractivity contribution in [1.82, 2.24) is 19.1 Å². The zero-order valence-corrected chi connectivity index (χ0v) is 39.7. The number of benzene rings is 11. The standard InChI is InChI=1S/C69H44N4/c1-3-21-44(22-4-1)59-43-60(71-69(70-59)45-23-5-2-6-24-45)52-40-39-47(48-25-7-8-26-49(48)52)46-41-65(72-61-35-17-13-29-53(61)54-30-14-18-36-62(54)72)68(67-57-33-11-9-27-50(57)51-28-10-12-34-58(51)67)66(42-46)73-63-37-19-15-31-55(63)56-32-16-20-38-64(56)73/h1-43,67H. The van der Waals surface area contributed by atoms with Gasteiger partial charge in [0.1, 0.15) is 0 Å². The van der Waals surface area contributed by atoms with Gasteiger partial charge in [-0.3, -0.25) is 0 Å². The van der Waals surface area contributed by atoms with Crippen molar-refractivity contribution in [3.8, 4) is 67.5 Å². The van der Waals surface area contributed by atoms with Crippen LogP contribution in [-0.4, -0.2) is 19.1 Å². The Morgan fingerprint density at radius 2 is 0.658 bits per heavy atom. The zero-order valence-electron chi connectivity index (χ0n) is 39.7. The monoisotopic (exact) mass is 928 g/mol. The number of hydrogen-bond donors (Lipinski definition) is 0. The Balaban J connectivity index is 1.08. The van der Waals surface area contributed by atoms with Crippen LogP contribution in [0.4, 0.5) is 0 Å². The SMILES string of the molecule is c1ccc(-c2cc(-c3ccc(-c4cc(-n5c6ccccc6c6ccccc65)c(C5c6ccccc6-c6ccccc65)c(-n5c6ccccc6c6ccccc65)c4)c4ccccc34)nc(-c3ccccc3)n2)cc1. The summed E-state index contributed by atoms with van der Waals surface area (Å²) in [6.45, 7) is 0. The average Bonchev–Trinajstić information content (AvgIpc) is 4.11. The Morgan fingerprint density at radius 1 is 0.274 bits per heavy atom. The highest BCUT2D eigenvalue weighted by Gasteiger charge is 2.35. The second-order valence-corrected chi connectivity index (χ2v) is 19.2. The summed E-state index contributed by atoms with van der Waals surface area (Å²) in [6, 6.07) is 95.1. The first-order valence-corrected chi connectivity index (χ1v) is 25.1. The van der Waals surface area contributed by atoms with E-state index in [0.717, 1.165) is 61.4 Å². The molecular formula is C69H44N4. The van der Waals surface area contributed by atoms with Crippen molar-refractivity contribution in [3.63, 3.8) is 0 Å². The quantitative estimate of drug-likeness (QED) is 0.160. The van der Waals surface area contributed by atoms with Gasteiger partial charge in [-0.05, 0) is 86.6 Å². The van der Waals surface area contributed by atoms with E-state index in [2.05, 4.69) is 258 Å². The molecule has 14 aromatic rings. The van der Waals surface area contributed by atoms with E-state index < -0.39 is 0 Å². The van der Waals surface area contributed by atoms with Crippen LogP contribution in [0.25, 0.3) is 122 Å². The third-order valence-electron chi connectivity index (χ3n) is 15.2. The van der Waals surface area contributed by atoms with Crippen molar-refractivity contribution in [2.45, 2.75) is 5.92 Å². The smallest absolute Gasteiger partial charge is 0.160 e. The average molecular weight is 929 g/mol. The van der Waals surface area contributed by atoms with Crippen LogP contribution in [0.1, 0.15) is 22.6 Å². The number of hydrogen-bond acceptors (Lipinski definition) is 2. The molecule has 1 aliphatic carbocycles. The molecule has 0 bridgehead atoms. The lowest BCUT2D eigenvalue weighted by molar-refractivity contribution is 0.956. The van der Waals surface area contributed by atoms with E-state index in [1.165, 1.54) is 71.4 Å². The van der Waals surface area contributed by atoms with Crippen molar-refractivity contribution in [1.29, 1.82) is 0 Å². The highest BCUT2D eigenvalue weighted by molar-refractivity contribution is 6.12. The van der Waals surface area contributed by atoms with Crippen LogP contribution in [0.3, 0.4) is 0 Å². The largest absolute Gasteiger partial charge is 0.309 e. The summed E-state index contributed by atoms with van der Waals surface area (Å²) in [5.41, 5.74) is 20.5. The van der Waals surface area contributed by atoms with Crippen molar-refractivity contribution in [2.24, 2.45) is 0 Å². The zero-order chi connectivity index (χ0) is 48.0. The molecule has 73 heavy (non-hydrogen) atoms. The van der Waals surface area contributed by atoms with Crippen molar-refractivity contribution >= 4 is 54.4 Å². The second kappa shape index (κ2) is 16.5. The summed E-state index contributed by atoms with van der Waals surface area (Å²) in [5, 5.41) is 7.17. The molecule has 4 heteroatoms. The molecule has 0 spiro atoms. The maximum absolute atomic E-state index is 5.34. The maximum Gasteiger partial charge on any atom is 0.160 e. The summed E-state index contributed by atoms with van der Waals surface area (Å²) in [4.78, 5) is 10.5. The number of nitrogens with zero attached hydrogens (tertiary/aromatic N) is 4. The van der Waals surface area contributed by atoms with Gasteiger partial charge >= 0.3 is 0 Å². The molecule has 0 unspecified atom stereocenters. The molecule has 15 rings (SSSR count). The fraction of sp³-hybridized carbons (Fsp3) is 0.0145. The van der Waals surface area contributed by atoms with Gasteiger partial charge in [-0.25, -0.2) is 9.97 Å². The lowest BCUT2D eigenvalue weighted by Crippen LogP contribution is -2.12. The molecule has 0 fully saturated rings. The molecule has 11 aromatic carbocycles. The van der Waals surface area contributed by atoms with Gasteiger partial charge in [0.25, 0.3) is 0 Å². The van der Waals surface area contributed by atoms with E-state index in [-0.39, 0.29) is 5.92 Å². The molecule has 340 valence electrons. The predicted molar refractivity (Wildman–Crippen MR) is 303 cm³/mol. The van der Waals surface area contributed by atoms with Gasteiger partial charge in [-0.1, -0.05) is 218 Å². The molecule has 4 nitrogen and oxygen atoms in total. The van der Waals surface area contributed by atoms with Crippen LogP contribution in [0, 0.1) is 0 Å². The van der Waals surface area contributed by atoms with Crippen LogP contribution in [0.5, 0.6) is 0 Å². The highest BCUT2D eigenvalue weighted by atomic mass is 15.0. The van der Waals surface area contributed by atoms with E-state index >= 15 is 0 Å². The molecule has 0 amide bonds. The second-order valence-electron chi connectivity index (χ2n) is 19.2. The van der Waals surface area contributed by atoms with Crippen LogP contribution in [-0.2, 0) is 0 Å².